The Balaban J connectivity index is 1.35. The van der Waals surface area contributed by atoms with Crippen LogP contribution in [0.25, 0.3) is 0 Å². The molecule has 0 spiro atoms. The predicted octanol–water partition coefficient (Wildman–Crippen LogP) is 3.05. The van der Waals surface area contributed by atoms with Crippen LogP contribution in [0.15, 0.2) is 36.4 Å². The van der Waals surface area contributed by atoms with Crippen molar-refractivity contribution in [1.82, 2.24) is 15.3 Å². The van der Waals surface area contributed by atoms with Gasteiger partial charge >= 0.3 is 0 Å². The van der Waals surface area contributed by atoms with Crippen LogP contribution >= 0.6 is 0 Å². The summed E-state index contributed by atoms with van der Waals surface area (Å²) in [6.45, 7) is 6.41. The molecule has 1 amide bonds. The standard InChI is InChI=1S/C24H33N5O2/c1-19-27-21(18-22(28-19)29-14-6-3-7-15-29)25-12-13-26-23(30)24(10-16-31-17-11-24)20-8-4-2-5-9-20/h2,4-5,8-9,18H,3,6-7,10-17H2,1H3,(H,26,30)(H,25,27,28). The van der Waals surface area contributed by atoms with Crippen LogP contribution in [0.4, 0.5) is 11.6 Å². The summed E-state index contributed by atoms with van der Waals surface area (Å²) >= 11 is 0. The van der Waals surface area contributed by atoms with Crippen LogP contribution in [0.2, 0.25) is 0 Å². The van der Waals surface area contributed by atoms with Crippen molar-refractivity contribution in [3.8, 4) is 0 Å². The number of amides is 1. The third-order valence-corrected chi connectivity index (χ3v) is 6.33. The number of aromatic nitrogens is 2. The van der Waals surface area contributed by atoms with Gasteiger partial charge < -0.3 is 20.3 Å². The zero-order valence-electron chi connectivity index (χ0n) is 18.4. The van der Waals surface area contributed by atoms with Gasteiger partial charge in [0.15, 0.2) is 0 Å². The Morgan fingerprint density at radius 2 is 1.81 bits per heavy atom. The number of carbonyl (C=O) groups excluding carboxylic acids is 1. The van der Waals surface area contributed by atoms with Gasteiger partial charge in [0, 0.05) is 45.5 Å². The summed E-state index contributed by atoms with van der Waals surface area (Å²) in [5, 5.41) is 6.50. The summed E-state index contributed by atoms with van der Waals surface area (Å²) in [6, 6.07) is 12.1. The van der Waals surface area contributed by atoms with Crippen LogP contribution in [-0.2, 0) is 14.9 Å². The number of benzene rings is 1. The van der Waals surface area contributed by atoms with Crippen LogP contribution in [0.1, 0.15) is 43.5 Å². The van der Waals surface area contributed by atoms with Crippen LogP contribution < -0.4 is 15.5 Å². The Morgan fingerprint density at radius 1 is 1.06 bits per heavy atom. The minimum atomic E-state index is -0.507. The molecule has 0 bridgehead atoms. The highest BCUT2D eigenvalue weighted by Crippen LogP contribution is 2.35. The van der Waals surface area contributed by atoms with Gasteiger partial charge in [-0.15, -0.1) is 0 Å². The SMILES string of the molecule is Cc1nc(NCCNC(=O)C2(c3ccccc3)CCOCC2)cc(N2CCCCC2)n1. The first kappa shape index (κ1) is 21.6. The molecule has 2 saturated heterocycles. The van der Waals surface area contributed by atoms with E-state index in [4.69, 9.17) is 4.74 Å². The number of carbonyl (C=O) groups is 1. The molecule has 3 heterocycles. The fourth-order valence-corrected chi connectivity index (χ4v) is 4.59. The van der Waals surface area contributed by atoms with Gasteiger partial charge in [0.1, 0.15) is 17.5 Å². The lowest BCUT2D eigenvalue weighted by Gasteiger charge is -2.36. The van der Waals surface area contributed by atoms with Crippen LogP contribution in [0.5, 0.6) is 0 Å². The van der Waals surface area contributed by atoms with E-state index in [9.17, 15) is 4.79 Å². The van der Waals surface area contributed by atoms with E-state index in [0.717, 1.165) is 36.1 Å². The number of ether oxygens (including phenoxy) is 1. The number of nitrogens with zero attached hydrogens (tertiary/aromatic N) is 3. The quantitative estimate of drug-likeness (QED) is 0.667. The van der Waals surface area contributed by atoms with E-state index >= 15 is 0 Å². The van der Waals surface area contributed by atoms with Crippen molar-refractivity contribution in [1.29, 1.82) is 0 Å². The summed E-state index contributed by atoms with van der Waals surface area (Å²) in [5.41, 5.74) is 0.563. The highest BCUT2D eigenvalue weighted by Gasteiger charge is 2.41. The Labute approximate surface area is 184 Å². The Morgan fingerprint density at radius 3 is 2.55 bits per heavy atom. The molecule has 1 aromatic heterocycles. The first-order chi connectivity index (χ1) is 15.2. The van der Waals surface area contributed by atoms with Crippen LogP contribution in [-0.4, -0.2) is 55.3 Å². The fourth-order valence-electron chi connectivity index (χ4n) is 4.59. The van der Waals surface area contributed by atoms with E-state index < -0.39 is 5.41 Å². The number of nitrogens with one attached hydrogen (secondary N) is 2. The topological polar surface area (TPSA) is 79.4 Å². The molecular weight excluding hydrogens is 390 g/mol. The third-order valence-electron chi connectivity index (χ3n) is 6.33. The molecule has 2 aliphatic rings. The van der Waals surface area contributed by atoms with Crippen molar-refractivity contribution in [2.75, 3.05) is 49.6 Å². The minimum Gasteiger partial charge on any atom is -0.381 e. The maximum atomic E-state index is 13.2. The maximum absolute atomic E-state index is 13.2. The number of hydrogen-bond donors (Lipinski definition) is 2. The van der Waals surface area contributed by atoms with Gasteiger partial charge in [-0.25, -0.2) is 9.97 Å². The first-order valence-electron chi connectivity index (χ1n) is 11.4. The van der Waals surface area contributed by atoms with Gasteiger partial charge in [0.2, 0.25) is 5.91 Å². The Hall–Kier alpha value is -2.67. The molecule has 0 saturated carbocycles. The second-order valence-electron chi connectivity index (χ2n) is 8.45. The fraction of sp³-hybridized carbons (Fsp3) is 0.542. The summed E-state index contributed by atoms with van der Waals surface area (Å²) in [5.74, 6) is 2.65. The normalized spacial score (nSPS) is 18.4. The van der Waals surface area contributed by atoms with E-state index in [2.05, 4.69) is 37.6 Å². The average Bonchev–Trinajstić information content (AvgIpc) is 2.83. The summed E-state index contributed by atoms with van der Waals surface area (Å²) < 4.78 is 5.54. The van der Waals surface area contributed by atoms with Crippen molar-refractivity contribution in [3.63, 3.8) is 0 Å². The molecular formula is C24H33N5O2. The minimum absolute atomic E-state index is 0.0803. The summed E-state index contributed by atoms with van der Waals surface area (Å²) in [6.07, 6.45) is 5.14. The van der Waals surface area contributed by atoms with Crippen LogP contribution in [0, 0.1) is 6.92 Å². The summed E-state index contributed by atoms with van der Waals surface area (Å²) in [4.78, 5) is 24.7. The average molecular weight is 424 g/mol. The van der Waals surface area contributed by atoms with E-state index in [1.165, 1.54) is 19.3 Å². The van der Waals surface area contributed by atoms with Crippen molar-refractivity contribution in [2.24, 2.45) is 0 Å². The molecule has 7 nitrogen and oxygen atoms in total. The lowest BCUT2D eigenvalue weighted by Crippen LogP contribution is -2.49. The lowest BCUT2D eigenvalue weighted by atomic mass is 9.73. The largest absolute Gasteiger partial charge is 0.381 e. The molecule has 2 fully saturated rings. The molecule has 166 valence electrons. The lowest BCUT2D eigenvalue weighted by molar-refractivity contribution is -0.130. The molecule has 31 heavy (non-hydrogen) atoms. The third kappa shape index (κ3) is 5.15. The van der Waals surface area contributed by atoms with Crippen molar-refractivity contribution in [3.05, 3.63) is 47.8 Å². The van der Waals surface area contributed by atoms with Gasteiger partial charge in [0.05, 0.1) is 5.41 Å². The smallest absolute Gasteiger partial charge is 0.230 e. The van der Waals surface area contributed by atoms with E-state index in [0.29, 0.717) is 39.1 Å². The molecule has 7 heteroatoms. The number of aryl methyl sites for hydroxylation is 1. The molecule has 2 N–H and O–H groups in total. The molecule has 1 aromatic carbocycles. The molecule has 2 aromatic rings. The number of anilines is 2. The molecule has 0 radical (unpaired) electrons. The maximum Gasteiger partial charge on any atom is 0.230 e. The predicted molar refractivity (Wildman–Crippen MR) is 123 cm³/mol. The zero-order valence-corrected chi connectivity index (χ0v) is 18.4. The summed E-state index contributed by atoms with van der Waals surface area (Å²) in [7, 11) is 0. The van der Waals surface area contributed by atoms with Crippen molar-refractivity contribution >= 4 is 17.5 Å². The van der Waals surface area contributed by atoms with Gasteiger partial charge in [-0.3, -0.25) is 4.79 Å². The van der Waals surface area contributed by atoms with Gasteiger partial charge in [-0.05, 0) is 44.6 Å². The van der Waals surface area contributed by atoms with Gasteiger partial charge in [-0.1, -0.05) is 30.3 Å². The second-order valence-corrected chi connectivity index (χ2v) is 8.45. The highest BCUT2D eigenvalue weighted by atomic mass is 16.5. The Kier molecular flexibility index (Phi) is 7.02. The van der Waals surface area contributed by atoms with Crippen LogP contribution in [0.3, 0.4) is 0 Å². The van der Waals surface area contributed by atoms with E-state index in [-0.39, 0.29) is 5.91 Å². The van der Waals surface area contributed by atoms with E-state index in [1.54, 1.807) is 0 Å². The molecule has 2 aliphatic heterocycles. The monoisotopic (exact) mass is 423 g/mol. The first-order valence-corrected chi connectivity index (χ1v) is 11.4. The van der Waals surface area contributed by atoms with E-state index in [1.807, 2.05) is 31.2 Å². The van der Waals surface area contributed by atoms with Crippen molar-refractivity contribution in [2.45, 2.75) is 44.4 Å². The highest BCUT2D eigenvalue weighted by molar-refractivity contribution is 5.88. The Bertz CT molecular complexity index is 862. The number of piperidine rings is 1. The molecule has 0 aliphatic carbocycles. The number of hydrogen-bond acceptors (Lipinski definition) is 6. The molecule has 4 rings (SSSR count). The van der Waals surface area contributed by atoms with Crippen molar-refractivity contribution < 1.29 is 9.53 Å². The number of rotatable bonds is 7. The second kappa shape index (κ2) is 10.1. The van der Waals surface area contributed by atoms with Gasteiger partial charge in [0.25, 0.3) is 0 Å². The molecule has 0 atom stereocenters. The van der Waals surface area contributed by atoms with Gasteiger partial charge in [-0.2, -0.15) is 0 Å². The zero-order chi connectivity index (χ0) is 21.5. The molecule has 0 unspecified atom stereocenters.